The van der Waals surface area contributed by atoms with E-state index >= 15 is 0 Å². The second kappa shape index (κ2) is 10.3. The lowest BCUT2D eigenvalue weighted by Crippen LogP contribution is -2.49. The SMILES string of the molecule is CCNC(=O)[C@@H](C)N(Cc1cccc(Cl)c1)C(=O)COc1ccc(Cl)c(C)c1. The lowest BCUT2D eigenvalue weighted by atomic mass is 10.1. The van der Waals surface area contributed by atoms with Gasteiger partial charge in [0.1, 0.15) is 11.8 Å². The molecule has 0 saturated heterocycles. The summed E-state index contributed by atoms with van der Waals surface area (Å²) in [6.07, 6.45) is 0. The molecule has 0 radical (unpaired) electrons. The van der Waals surface area contributed by atoms with E-state index in [1.807, 2.05) is 26.0 Å². The van der Waals surface area contributed by atoms with Crippen molar-refractivity contribution in [2.24, 2.45) is 0 Å². The minimum atomic E-state index is -0.651. The Morgan fingerprint density at radius 3 is 2.57 bits per heavy atom. The molecule has 2 amide bonds. The topological polar surface area (TPSA) is 58.6 Å². The average Bonchev–Trinajstić information content (AvgIpc) is 2.66. The molecule has 5 nitrogen and oxygen atoms in total. The van der Waals surface area contributed by atoms with Crippen LogP contribution in [0.2, 0.25) is 10.0 Å². The lowest BCUT2D eigenvalue weighted by molar-refractivity contribution is -0.142. The quantitative estimate of drug-likeness (QED) is 0.691. The van der Waals surface area contributed by atoms with Gasteiger partial charge < -0.3 is 15.0 Å². The summed E-state index contributed by atoms with van der Waals surface area (Å²) in [7, 11) is 0. The first-order valence-electron chi connectivity index (χ1n) is 9.02. The predicted octanol–water partition coefficient (Wildman–Crippen LogP) is 4.23. The second-order valence-corrected chi connectivity index (χ2v) is 7.27. The summed E-state index contributed by atoms with van der Waals surface area (Å²) in [5, 5.41) is 3.95. The molecule has 1 N–H and O–H groups in total. The van der Waals surface area contributed by atoms with Crippen molar-refractivity contribution in [2.45, 2.75) is 33.4 Å². The van der Waals surface area contributed by atoms with Crippen LogP contribution in [-0.4, -0.2) is 35.9 Å². The van der Waals surface area contributed by atoms with E-state index in [2.05, 4.69) is 5.32 Å². The largest absolute Gasteiger partial charge is 0.484 e. The Hall–Kier alpha value is -2.24. The van der Waals surface area contributed by atoms with Crippen LogP contribution in [0.4, 0.5) is 0 Å². The zero-order valence-electron chi connectivity index (χ0n) is 16.2. The Morgan fingerprint density at radius 1 is 1.18 bits per heavy atom. The van der Waals surface area contributed by atoms with Crippen LogP contribution in [0.25, 0.3) is 0 Å². The Morgan fingerprint density at radius 2 is 1.93 bits per heavy atom. The first-order chi connectivity index (χ1) is 13.3. The maximum absolute atomic E-state index is 12.9. The summed E-state index contributed by atoms with van der Waals surface area (Å²) < 4.78 is 5.63. The molecule has 7 heteroatoms. The van der Waals surface area contributed by atoms with Crippen molar-refractivity contribution in [3.05, 3.63) is 63.6 Å². The Labute approximate surface area is 175 Å². The molecule has 2 rings (SSSR count). The molecule has 0 bridgehead atoms. The van der Waals surface area contributed by atoms with Gasteiger partial charge in [0.25, 0.3) is 5.91 Å². The van der Waals surface area contributed by atoms with E-state index in [9.17, 15) is 9.59 Å². The van der Waals surface area contributed by atoms with Gasteiger partial charge in [-0.05, 0) is 62.2 Å². The van der Waals surface area contributed by atoms with Crippen molar-refractivity contribution in [1.29, 1.82) is 0 Å². The van der Waals surface area contributed by atoms with Crippen LogP contribution in [0.15, 0.2) is 42.5 Å². The van der Waals surface area contributed by atoms with E-state index in [0.717, 1.165) is 11.1 Å². The number of carbonyl (C=O) groups excluding carboxylic acids is 2. The van der Waals surface area contributed by atoms with Crippen molar-refractivity contribution in [1.82, 2.24) is 10.2 Å². The van der Waals surface area contributed by atoms with Crippen LogP contribution in [-0.2, 0) is 16.1 Å². The number of hydrogen-bond acceptors (Lipinski definition) is 3. The molecular formula is C21H24Cl2N2O3. The van der Waals surface area contributed by atoms with Crippen LogP contribution in [0.5, 0.6) is 5.75 Å². The van der Waals surface area contributed by atoms with Gasteiger partial charge in [-0.15, -0.1) is 0 Å². The van der Waals surface area contributed by atoms with Gasteiger partial charge in [-0.25, -0.2) is 0 Å². The fraction of sp³-hybridized carbons (Fsp3) is 0.333. The van der Waals surface area contributed by atoms with Crippen molar-refractivity contribution >= 4 is 35.0 Å². The van der Waals surface area contributed by atoms with Gasteiger partial charge in [0.15, 0.2) is 6.61 Å². The summed E-state index contributed by atoms with van der Waals surface area (Å²) in [5.41, 5.74) is 1.69. The number of carbonyl (C=O) groups is 2. The standard InChI is InChI=1S/C21H24Cl2N2O3/c1-4-24-21(27)15(3)25(12-16-6-5-7-17(22)11-16)20(26)13-28-18-8-9-19(23)14(2)10-18/h5-11,15H,4,12-13H2,1-3H3,(H,24,27)/t15-/m1/s1. The molecule has 2 aromatic rings. The molecule has 0 fully saturated rings. The monoisotopic (exact) mass is 422 g/mol. The molecule has 0 aliphatic carbocycles. The van der Waals surface area contributed by atoms with E-state index in [1.54, 1.807) is 37.3 Å². The Balaban J connectivity index is 2.15. The minimum Gasteiger partial charge on any atom is -0.484 e. The zero-order chi connectivity index (χ0) is 20.7. The third-order valence-electron chi connectivity index (χ3n) is 4.25. The Bertz CT molecular complexity index is 842. The molecule has 150 valence electrons. The highest BCUT2D eigenvalue weighted by molar-refractivity contribution is 6.31. The fourth-order valence-corrected chi connectivity index (χ4v) is 3.00. The van der Waals surface area contributed by atoms with Gasteiger partial charge >= 0.3 is 0 Å². The number of aryl methyl sites for hydroxylation is 1. The molecule has 28 heavy (non-hydrogen) atoms. The highest BCUT2D eigenvalue weighted by Crippen LogP contribution is 2.21. The molecule has 0 aliphatic heterocycles. The van der Waals surface area contributed by atoms with Gasteiger partial charge in [0.2, 0.25) is 5.91 Å². The number of benzene rings is 2. The molecule has 0 aromatic heterocycles. The van der Waals surface area contributed by atoms with Gasteiger partial charge in [0, 0.05) is 23.1 Å². The van der Waals surface area contributed by atoms with Gasteiger partial charge in [-0.1, -0.05) is 35.3 Å². The number of rotatable bonds is 8. The van der Waals surface area contributed by atoms with Crippen molar-refractivity contribution in [2.75, 3.05) is 13.2 Å². The van der Waals surface area contributed by atoms with Crippen molar-refractivity contribution in [3.8, 4) is 5.75 Å². The van der Waals surface area contributed by atoms with Gasteiger partial charge in [-0.3, -0.25) is 9.59 Å². The van der Waals surface area contributed by atoms with E-state index in [1.165, 1.54) is 4.90 Å². The first kappa shape index (κ1) is 22.1. The zero-order valence-corrected chi connectivity index (χ0v) is 17.7. The summed E-state index contributed by atoms with van der Waals surface area (Å²) in [5.74, 6) is 0.0233. The lowest BCUT2D eigenvalue weighted by Gasteiger charge is -2.28. The predicted molar refractivity (Wildman–Crippen MR) is 112 cm³/mol. The van der Waals surface area contributed by atoms with E-state index in [-0.39, 0.29) is 25.0 Å². The van der Waals surface area contributed by atoms with Crippen LogP contribution < -0.4 is 10.1 Å². The summed E-state index contributed by atoms with van der Waals surface area (Å²) in [4.78, 5) is 26.7. The highest BCUT2D eigenvalue weighted by atomic mass is 35.5. The number of halogens is 2. The maximum Gasteiger partial charge on any atom is 0.261 e. The van der Waals surface area contributed by atoms with Gasteiger partial charge in [0.05, 0.1) is 0 Å². The molecule has 2 aromatic carbocycles. The number of hydrogen-bond donors (Lipinski definition) is 1. The average molecular weight is 423 g/mol. The van der Waals surface area contributed by atoms with E-state index < -0.39 is 6.04 Å². The molecular weight excluding hydrogens is 399 g/mol. The van der Waals surface area contributed by atoms with Crippen molar-refractivity contribution < 1.29 is 14.3 Å². The highest BCUT2D eigenvalue weighted by Gasteiger charge is 2.26. The summed E-state index contributed by atoms with van der Waals surface area (Å²) in [6, 6.07) is 11.7. The fourth-order valence-electron chi connectivity index (χ4n) is 2.67. The molecule has 0 unspecified atom stereocenters. The van der Waals surface area contributed by atoms with Crippen LogP contribution in [0.3, 0.4) is 0 Å². The number of amides is 2. The number of likely N-dealkylation sites (N-methyl/N-ethyl adjacent to an activating group) is 1. The normalized spacial score (nSPS) is 11.6. The molecule has 0 aliphatic rings. The van der Waals surface area contributed by atoms with E-state index in [4.69, 9.17) is 27.9 Å². The number of nitrogens with one attached hydrogen (secondary N) is 1. The number of nitrogens with zero attached hydrogens (tertiary/aromatic N) is 1. The third kappa shape index (κ3) is 6.14. The molecule has 1 atom stereocenters. The van der Waals surface area contributed by atoms with Gasteiger partial charge in [-0.2, -0.15) is 0 Å². The van der Waals surface area contributed by atoms with Crippen LogP contribution in [0.1, 0.15) is 25.0 Å². The van der Waals surface area contributed by atoms with Crippen molar-refractivity contribution in [3.63, 3.8) is 0 Å². The summed E-state index contributed by atoms with van der Waals surface area (Å²) in [6.45, 7) is 5.94. The smallest absolute Gasteiger partial charge is 0.261 e. The minimum absolute atomic E-state index is 0.189. The first-order valence-corrected chi connectivity index (χ1v) is 9.78. The maximum atomic E-state index is 12.9. The molecule has 0 saturated carbocycles. The van der Waals surface area contributed by atoms with Crippen LogP contribution in [0, 0.1) is 6.92 Å². The summed E-state index contributed by atoms with van der Waals surface area (Å²) >= 11 is 12.1. The third-order valence-corrected chi connectivity index (χ3v) is 4.91. The Kier molecular flexibility index (Phi) is 8.15. The second-order valence-electron chi connectivity index (χ2n) is 6.42. The molecule has 0 heterocycles. The molecule has 0 spiro atoms. The number of ether oxygens (including phenoxy) is 1. The van der Waals surface area contributed by atoms with E-state index in [0.29, 0.717) is 22.3 Å². The van der Waals surface area contributed by atoms with Crippen LogP contribution >= 0.6 is 23.2 Å².